The fraction of sp³-hybridized carbons (Fsp3) is 0.440. The molecular weight excluding hydrogens is 454 g/mol. The number of nitrogens with one attached hydrogen (secondary N) is 1. The average molecular weight is 484 g/mol. The number of carbonyl (C=O) groups excluding carboxylic acids is 2. The molecule has 5 rings (SSSR count). The molecule has 2 aromatic carbocycles. The topological polar surface area (TPSA) is 96.0 Å². The fourth-order valence-electron chi connectivity index (χ4n) is 4.98. The molecule has 0 spiro atoms. The lowest BCUT2D eigenvalue weighted by Crippen LogP contribution is -2.40. The van der Waals surface area contributed by atoms with Crippen molar-refractivity contribution in [2.24, 2.45) is 5.92 Å². The van der Waals surface area contributed by atoms with Crippen LogP contribution in [0.5, 0.6) is 0 Å². The third kappa shape index (κ3) is 4.35. The molecule has 0 bridgehead atoms. The molecule has 180 valence electrons. The van der Waals surface area contributed by atoms with Crippen molar-refractivity contribution < 1.29 is 22.7 Å². The molecule has 2 fully saturated rings. The van der Waals surface area contributed by atoms with Crippen LogP contribution >= 0.6 is 0 Å². The zero-order valence-electron chi connectivity index (χ0n) is 19.2. The summed E-state index contributed by atoms with van der Waals surface area (Å²) in [5.41, 5.74) is 4.49. The lowest BCUT2D eigenvalue weighted by molar-refractivity contribution is -0.122. The Morgan fingerprint density at radius 3 is 2.62 bits per heavy atom. The van der Waals surface area contributed by atoms with Crippen molar-refractivity contribution in [2.75, 3.05) is 43.1 Å². The lowest BCUT2D eigenvalue weighted by atomic mass is 10.1. The summed E-state index contributed by atoms with van der Waals surface area (Å²) < 4.78 is 32.9. The highest BCUT2D eigenvalue weighted by Gasteiger charge is 2.36. The molecule has 3 aliphatic rings. The number of aryl methyl sites for hydroxylation is 3. The van der Waals surface area contributed by atoms with E-state index in [-0.39, 0.29) is 23.1 Å². The smallest absolute Gasteiger partial charge is 0.243 e. The van der Waals surface area contributed by atoms with E-state index in [2.05, 4.69) is 17.4 Å². The largest absolute Gasteiger partial charge is 0.379 e. The van der Waals surface area contributed by atoms with Gasteiger partial charge in [-0.15, -0.1) is 0 Å². The van der Waals surface area contributed by atoms with Gasteiger partial charge in [0.1, 0.15) is 0 Å². The molecule has 34 heavy (non-hydrogen) atoms. The Balaban J connectivity index is 1.30. The van der Waals surface area contributed by atoms with Gasteiger partial charge in [-0.05, 0) is 67.1 Å². The Bertz CT molecular complexity index is 1240. The summed E-state index contributed by atoms with van der Waals surface area (Å²) in [6.45, 7) is 3.40. The van der Waals surface area contributed by atoms with Crippen molar-refractivity contribution in [1.82, 2.24) is 4.31 Å². The minimum atomic E-state index is -3.69. The van der Waals surface area contributed by atoms with Crippen LogP contribution in [-0.2, 0) is 37.2 Å². The number of fused-ring (bicyclic) bond motifs is 1. The van der Waals surface area contributed by atoms with Gasteiger partial charge in [-0.3, -0.25) is 9.59 Å². The van der Waals surface area contributed by atoms with Gasteiger partial charge in [-0.2, -0.15) is 4.31 Å². The molecule has 8 nitrogen and oxygen atoms in total. The van der Waals surface area contributed by atoms with Gasteiger partial charge in [0.25, 0.3) is 0 Å². The lowest BCUT2D eigenvalue weighted by Gasteiger charge is -2.27. The van der Waals surface area contributed by atoms with E-state index < -0.39 is 15.9 Å². The summed E-state index contributed by atoms with van der Waals surface area (Å²) >= 11 is 0. The maximum absolute atomic E-state index is 13.1. The Morgan fingerprint density at radius 1 is 1.06 bits per heavy atom. The normalized spacial score (nSPS) is 21.0. The fourth-order valence-corrected chi connectivity index (χ4v) is 6.64. The standard InChI is InChI=1S/C25H29N3O5S/c1-17-5-7-21(15-23(17)34(31,32)27-9-11-33-12-10-27)26-25(30)20-14-24(29)28(16-20)22-8-6-18-3-2-4-19(18)13-22/h5-8,13,15,20H,2-4,9-12,14,16H2,1H3,(H,26,30). The number of morpholine rings is 1. The monoisotopic (exact) mass is 483 g/mol. The quantitative estimate of drug-likeness (QED) is 0.705. The van der Waals surface area contributed by atoms with Crippen LogP contribution in [0.15, 0.2) is 41.3 Å². The van der Waals surface area contributed by atoms with Gasteiger partial charge < -0.3 is 15.0 Å². The number of hydrogen-bond donors (Lipinski definition) is 1. The minimum absolute atomic E-state index is 0.0717. The minimum Gasteiger partial charge on any atom is -0.379 e. The summed E-state index contributed by atoms with van der Waals surface area (Å²) in [6.07, 6.45) is 3.37. The van der Waals surface area contributed by atoms with Crippen LogP contribution in [0, 0.1) is 12.8 Å². The predicted molar refractivity (Wildman–Crippen MR) is 128 cm³/mol. The SMILES string of the molecule is Cc1ccc(NC(=O)C2CC(=O)N(c3ccc4c(c3)CCC4)C2)cc1S(=O)(=O)N1CCOCC1. The second kappa shape index (κ2) is 9.13. The number of hydrogen-bond acceptors (Lipinski definition) is 5. The maximum atomic E-state index is 13.1. The highest BCUT2D eigenvalue weighted by molar-refractivity contribution is 7.89. The van der Waals surface area contributed by atoms with Crippen molar-refractivity contribution in [3.8, 4) is 0 Å². The van der Waals surface area contributed by atoms with E-state index in [4.69, 9.17) is 4.74 Å². The molecule has 1 N–H and O–H groups in total. The Kier molecular flexibility index (Phi) is 6.18. The number of sulfonamides is 1. The second-order valence-electron chi connectivity index (χ2n) is 9.20. The van der Waals surface area contributed by atoms with Crippen molar-refractivity contribution in [3.63, 3.8) is 0 Å². The van der Waals surface area contributed by atoms with E-state index in [1.165, 1.54) is 21.5 Å². The number of benzene rings is 2. The third-order valence-corrected chi connectivity index (χ3v) is 8.97. The Morgan fingerprint density at radius 2 is 1.82 bits per heavy atom. The van der Waals surface area contributed by atoms with Gasteiger partial charge in [0.05, 0.1) is 24.0 Å². The van der Waals surface area contributed by atoms with E-state index in [1.54, 1.807) is 24.0 Å². The van der Waals surface area contributed by atoms with Crippen LogP contribution in [0.25, 0.3) is 0 Å². The van der Waals surface area contributed by atoms with Gasteiger partial charge in [-0.25, -0.2) is 8.42 Å². The summed E-state index contributed by atoms with van der Waals surface area (Å²) in [5, 5.41) is 2.84. The maximum Gasteiger partial charge on any atom is 0.243 e. The molecule has 2 heterocycles. The molecule has 2 saturated heterocycles. The number of rotatable bonds is 5. The van der Waals surface area contributed by atoms with Gasteiger partial charge in [0.15, 0.2) is 0 Å². The zero-order chi connectivity index (χ0) is 23.9. The first-order valence-electron chi connectivity index (χ1n) is 11.7. The molecule has 0 aromatic heterocycles. The first kappa shape index (κ1) is 23.0. The summed E-state index contributed by atoms with van der Waals surface area (Å²) in [7, 11) is -3.69. The number of anilines is 2. The van der Waals surface area contributed by atoms with Crippen LogP contribution in [0.4, 0.5) is 11.4 Å². The van der Waals surface area contributed by atoms with Gasteiger partial charge in [-0.1, -0.05) is 12.1 Å². The van der Waals surface area contributed by atoms with Gasteiger partial charge in [0.2, 0.25) is 21.8 Å². The molecule has 1 atom stereocenters. The van der Waals surface area contributed by atoms with Gasteiger partial charge >= 0.3 is 0 Å². The predicted octanol–water partition coefficient (Wildman–Crippen LogP) is 2.50. The number of carbonyl (C=O) groups is 2. The average Bonchev–Trinajstić information content (AvgIpc) is 3.46. The molecule has 2 aromatic rings. The van der Waals surface area contributed by atoms with Crippen LogP contribution in [0.1, 0.15) is 29.5 Å². The number of amides is 2. The van der Waals surface area contributed by atoms with Crippen LogP contribution in [0.3, 0.4) is 0 Å². The molecule has 1 unspecified atom stereocenters. The van der Waals surface area contributed by atoms with E-state index in [0.717, 1.165) is 24.9 Å². The molecular formula is C25H29N3O5S. The van der Waals surface area contributed by atoms with Crippen LogP contribution in [-0.4, -0.2) is 57.4 Å². The van der Waals surface area contributed by atoms with Crippen LogP contribution < -0.4 is 10.2 Å². The molecule has 9 heteroatoms. The second-order valence-corrected chi connectivity index (χ2v) is 11.1. The first-order valence-corrected chi connectivity index (χ1v) is 13.2. The van der Waals surface area contributed by atoms with E-state index in [1.807, 2.05) is 6.07 Å². The van der Waals surface area contributed by atoms with Crippen molar-refractivity contribution in [2.45, 2.75) is 37.5 Å². The Labute approximate surface area is 199 Å². The number of ether oxygens (including phenoxy) is 1. The summed E-state index contributed by atoms with van der Waals surface area (Å²) in [5.74, 6) is -0.852. The highest BCUT2D eigenvalue weighted by Crippen LogP contribution is 2.31. The third-order valence-electron chi connectivity index (χ3n) is 6.93. The first-order chi connectivity index (χ1) is 16.3. The molecule has 0 radical (unpaired) electrons. The summed E-state index contributed by atoms with van der Waals surface area (Å²) in [6, 6.07) is 11.0. The van der Waals surface area contributed by atoms with Crippen molar-refractivity contribution in [3.05, 3.63) is 53.1 Å². The molecule has 2 amide bonds. The molecule has 1 aliphatic carbocycles. The summed E-state index contributed by atoms with van der Waals surface area (Å²) in [4.78, 5) is 27.6. The van der Waals surface area contributed by atoms with Crippen molar-refractivity contribution >= 4 is 33.2 Å². The van der Waals surface area contributed by atoms with Crippen molar-refractivity contribution in [1.29, 1.82) is 0 Å². The van der Waals surface area contributed by atoms with E-state index in [0.29, 0.717) is 44.1 Å². The highest BCUT2D eigenvalue weighted by atomic mass is 32.2. The number of nitrogens with zero attached hydrogens (tertiary/aromatic N) is 2. The molecule has 2 aliphatic heterocycles. The molecule has 0 saturated carbocycles. The van der Waals surface area contributed by atoms with Crippen LogP contribution in [0.2, 0.25) is 0 Å². The van der Waals surface area contributed by atoms with E-state index in [9.17, 15) is 18.0 Å². The van der Waals surface area contributed by atoms with E-state index >= 15 is 0 Å². The van der Waals surface area contributed by atoms with Gasteiger partial charge in [0, 0.05) is 37.4 Å². The zero-order valence-corrected chi connectivity index (χ0v) is 20.1. The Hall–Kier alpha value is -2.75.